The van der Waals surface area contributed by atoms with Crippen molar-refractivity contribution in [3.05, 3.63) is 88.4 Å². The van der Waals surface area contributed by atoms with E-state index >= 15 is 0 Å². The molecule has 0 aliphatic carbocycles. The van der Waals surface area contributed by atoms with Gasteiger partial charge >= 0.3 is 0 Å². The molecule has 3 aromatic rings. The Bertz CT molecular complexity index is 1050. The van der Waals surface area contributed by atoms with Gasteiger partial charge < -0.3 is 20.1 Å². The monoisotopic (exact) mass is 438 g/mol. The van der Waals surface area contributed by atoms with Crippen LogP contribution in [-0.2, 0) is 6.61 Å². The second kappa shape index (κ2) is 10.5. The average molecular weight is 439 g/mol. The van der Waals surface area contributed by atoms with Crippen LogP contribution in [0.2, 0.25) is 5.02 Å². The van der Waals surface area contributed by atoms with Gasteiger partial charge in [0.15, 0.2) is 11.5 Å². The first-order valence-corrected chi connectivity index (χ1v) is 10.1. The summed E-state index contributed by atoms with van der Waals surface area (Å²) in [4.78, 5) is 24.5. The number of hydrogen-bond acceptors (Lipinski definition) is 4. The lowest BCUT2D eigenvalue weighted by Gasteiger charge is -2.13. The summed E-state index contributed by atoms with van der Waals surface area (Å²) < 4.78 is 11.2. The number of benzene rings is 3. The van der Waals surface area contributed by atoms with E-state index in [2.05, 4.69) is 10.6 Å². The van der Waals surface area contributed by atoms with Crippen LogP contribution in [0, 0.1) is 0 Å². The molecule has 0 bridgehead atoms. The van der Waals surface area contributed by atoms with Gasteiger partial charge in [0, 0.05) is 28.4 Å². The molecule has 0 saturated heterocycles. The van der Waals surface area contributed by atoms with Gasteiger partial charge in [-0.05, 0) is 67.1 Å². The van der Waals surface area contributed by atoms with Crippen molar-refractivity contribution in [1.82, 2.24) is 5.32 Å². The van der Waals surface area contributed by atoms with Crippen LogP contribution in [0.5, 0.6) is 11.5 Å². The van der Waals surface area contributed by atoms with E-state index in [1.165, 1.54) is 7.11 Å². The Hall–Kier alpha value is -3.51. The highest BCUT2D eigenvalue weighted by Gasteiger charge is 2.12. The molecule has 2 N–H and O–H groups in total. The van der Waals surface area contributed by atoms with Gasteiger partial charge in [0.05, 0.1) is 7.11 Å². The molecule has 3 rings (SSSR count). The number of anilines is 1. The molecular weight excluding hydrogens is 416 g/mol. The molecule has 2 amide bonds. The summed E-state index contributed by atoms with van der Waals surface area (Å²) in [6.45, 7) is 2.75. The summed E-state index contributed by atoms with van der Waals surface area (Å²) >= 11 is 5.90. The van der Waals surface area contributed by atoms with Crippen LogP contribution in [0.4, 0.5) is 5.69 Å². The number of carbonyl (C=O) groups excluding carboxylic acids is 2. The molecule has 0 fully saturated rings. The number of rotatable bonds is 8. The van der Waals surface area contributed by atoms with Crippen LogP contribution in [-0.4, -0.2) is 25.5 Å². The van der Waals surface area contributed by atoms with E-state index in [-0.39, 0.29) is 11.8 Å². The van der Waals surface area contributed by atoms with Gasteiger partial charge in [-0.15, -0.1) is 0 Å². The maximum Gasteiger partial charge on any atom is 0.255 e. The quantitative estimate of drug-likeness (QED) is 0.522. The molecule has 7 heteroatoms. The minimum absolute atomic E-state index is 0.153. The van der Waals surface area contributed by atoms with Gasteiger partial charge in [0.2, 0.25) is 0 Å². The zero-order valence-corrected chi connectivity index (χ0v) is 18.0. The second-order valence-electron chi connectivity index (χ2n) is 6.67. The lowest BCUT2D eigenvalue weighted by molar-refractivity contribution is 0.0955. The van der Waals surface area contributed by atoms with Gasteiger partial charge in [-0.2, -0.15) is 0 Å². The number of halogens is 1. The summed E-state index contributed by atoms with van der Waals surface area (Å²) in [7, 11) is 1.52. The van der Waals surface area contributed by atoms with Gasteiger partial charge in [-0.1, -0.05) is 23.7 Å². The van der Waals surface area contributed by atoms with E-state index in [0.717, 1.165) is 5.56 Å². The van der Waals surface area contributed by atoms with Crippen molar-refractivity contribution in [1.29, 1.82) is 0 Å². The van der Waals surface area contributed by atoms with Crippen LogP contribution in [0.3, 0.4) is 0 Å². The molecule has 0 radical (unpaired) electrons. The molecule has 0 aromatic heterocycles. The summed E-state index contributed by atoms with van der Waals surface area (Å²) in [5.74, 6) is 0.529. The first-order chi connectivity index (χ1) is 15.0. The predicted molar refractivity (Wildman–Crippen MR) is 121 cm³/mol. The molecule has 0 aliphatic rings. The first-order valence-electron chi connectivity index (χ1n) is 9.75. The highest BCUT2D eigenvalue weighted by molar-refractivity contribution is 6.30. The average Bonchev–Trinajstić information content (AvgIpc) is 2.79. The van der Waals surface area contributed by atoms with Crippen LogP contribution >= 0.6 is 11.6 Å². The van der Waals surface area contributed by atoms with Crippen LogP contribution in [0.1, 0.15) is 33.2 Å². The Morgan fingerprint density at radius 3 is 2.19 bits per heavy atom. The molecule has 0 atom stereocenters. The molecule has 0 saturated carbocycles. The molecule has 0 spiro atoms. The maximum atomic E-state index is 12.6. The number of amides is 2. The Labute approximate surface area is 186 Å². The standard InChI is InChI=1S/C24H23ClN2O4/c1-3-26-23(28)17-6-11-20(12-7-17)27-24(29)18-8-13-21(22(14-18)30-2)31-15-16-4-9-19(25)10-5-16/h4-14H,3,15H2,1-2H3,(H,26,28)(H,27,29). The fraction of sp³-hybridized carbons (Fsp3) is 0.167. The SMILES string of the molecule is CCNC(=O)c1ccc(NC(=O)c2ccc(OCc3ccc(Cl)cc3)c(OC)c2)cc1. The summed E-state index contributed by atoms with van der Waals surface area (Å²) in [6.07, 6.45) is 0. The molecule has 3 aromatic carbocycles. The van der Waals surface area contributed by atoms with Gasteiger partial charge in [0.25, 0.3) is 11.8 Å². The third-order valence-corrected chi connectivity index (χ3v) is 4.73. The Morgan fingerprint density at radius 1 is 0.871 bits per heavy atom. The largest absolute Gasteiger partial charge is 0.493 e. The van der Waals surface area contributed by atoms with Crippen molar-refractivity contribution < 1.29 is 19.1 Å². The lowest BCUT2D eigenvalue weighted by atomic mass is 10.1. The van der Waals surface area contributed by atoms with Crippen molar-refractivity contribution >= 4 is 29.1 Å². The van der Waals surface area contributed by atoms with E-state index in [0.29, 0.717) is 46.5 Å². The van der Waals surface area contributed by atoms with Crippen molar-refractivity contribution in [3.8, 4) is 11.5 Å². The maximum absolute atomic E-state index is 12.6. The van der Waals surface area contributed by atoms with E-state index < -0.39 is 0 Å². The van der Waals surface area contributed by atoms with Crippen LogP contribution < -0.4 is 20.1 Å². The highest BCUT2D eigenvalue weighted by atomic mass is 35.5. The number of nitrogens with one attached hydrogen (secondary N) is 2. The van der Waals surface area contributed by atoms with Crippen molar-refractivity contribution in [2.24, 2.45) is 0 Å². The van der Waals surface area contributed by atoms with Gasteiger partial charge in [0.1, 0.15) is 6.61 Å². The number of methoxy groups -OCH3 is 1. The molecule has 160 valence electrons. The number of carbonyl (C=O) groups is 2. The summed E-state index contributed by atoms with van der Waals surface area (Å²) in [6, 6.07) is 19.0. The van der Waals surface area contributed by atoms with E-state index in [1.54, 1.807) is 54.6 Å². The normalized spacial score (nSPS) is 10.3. The van der Waals surface area contributed by atoms with E-state index in [1.807, 2.05) is 19.1 Å². The Kier molecular flexibility index (Phi) is 7.51. The van der Waals surface area contributed by atoms with Crippen molar-refractivity contribution in [3.63, 3.8) is 0 Å². The Balaban J connectivity index is 1.66. The number of ether oxygens (including phenoxy) is 2. The topological polar surface area (TPSA) is 76.7 Å². The molecule has 0 unspecified atom stereocenters. The minimum atomic E-state index is -0.298. The van der Waals surface area contributed by atoms with Crippen molar-refractivity contribution in [2.45, 2.75) is 13.5 Å². The lowest BCUT2D eigenvalue weighted by Crippen LogP contribution is -2.22. The first kappa shape index (κ1) is 22.2. The van der Waals surface area contributed by atoms with E-state index in [9.17, 15) is 9.59 Å². The zero-order valence-electron chi connectivity index (χ0n) is 17.3. The van der Waals surface area contributed by atoms with Gasteiger partial charge in [-0.3, -0.25) is 9.59 Å². The summed E-state index contributed by atoms with van der Waals surface area (Å²) in [5.41, 5.74) is 2.50. The fourth-order valence-electron chi connectivity index (χ4n) is 2.84. The Morgan fingerprint density at radius 2 is 1.55 bits per heavy atom. The van der Waals surface area contributed by atoms with Gasteiger partial charge in [-0.25, -0.2) is 0 Å². The van der Waals surface area contributed by atoms with Crippen molar-refractivity contribution in [2.75, 3.05) is 19.0 Å². The number of hydrogen-bond donors (Lipinski definition) is 2. The summed E-state index contributed by atoms with van der Waals surface area (Å²) in [5, 5.41) is 6.20. The molecule has 6 nitrogen and oxygen atoms in total. The third-order valence-electron chi connectivity index (χ3n) is 4.48. The minimum Gasteiger partial charge on any atom is -0.493 e. The predicted octanol–water partition coefficient (Wildman–Crippen LogP) is 4.93. The van der Waals surface area contributed by atoms with Crippen LogP contribution in [0.15, 0.2) is 66.7 Å². The highest BCUT2D eigenvalue weighted by Crippen LogP contribution is 2.29. The molecular formula is C24H23ClN2O4. The third kappa shape index (κ3) is 5.99. The zero-order chi connectivity index (χ0) is 22.2. The fourth-order valence-corrected chi connectivity index (χ4v) is 2.97. The van der Waals surface area contributed by atoms with E-state index in [4.69, 9.17) is 21.1 Å². The van der Waals surface area contributed by atoms with Crippen LogP contribution in [0.25, 0.3) is 0 Å². The molecule has 0 aliphatic heterocycles. The smallest absolute Gasteiger partial charge is 0.255 e. The second-order valence-corrected chi connectivity index (χ2v) is 7.11. The molecule has 31 heavy (non-hydrogen) atoms. The molecule has 0 heterocycles.